The Hall–Kier alpha value is -0.830. The van der Waals surface area contributed by atoms with Crippen molar-refractivity contribution in [2.75, 3.05) is 19.6 Å². The van der Waals surface area contributed by atoms with Crippen LogP contribution in [0.2, 0.25) is 0 Å². The van der Waals surface area contributed by atoms with Gasteiger partial charge in [-0.15, -0.1) is 0 Å². The van der Waals surface area contributed by atoms with E-state index >= 15 is 0 Å². The van der Waals surface area contributed by atoms with Gasteiger partial charge in [0.05, 0.1) is 0 Å². The fraction of sp³-hybridized carbons (Fsp3) is 0.727. The van der Waals surface area contributed by atoms with E-state index < -0.39 is 0 Å². The molecule has 14 heavy (non-hydrogen) atoms. The van der Waals surface area contributed by atoms with Crippen molar-refractivity contribution in [2.24, 2.45) is 5.92 Å². The van der Waals surface area contributed by atoms with Crippen LogP contribution in [0.5, 0.6) is 0 Å². The third-order valence-electron chi connectivity index (χ3n) is 3.20. The molecule has 3 heteroatoms. The van der Waals surface area contributed by atoms with Gasteiger partial charge in [0, 0.05) is 12.1 Å². The smallest absolute Gasteiger partial charge is 0.333 e. The highest BCUT2D eigenvalue weighted by Crippen LogP contribution is 2.29. The summed E-state index contributed by atoms with van der Waals surface area (Å²) in [6.07, 6.45) is 2.46. The molecule has 0 N–H and O–H groups in total. The number of ether oxygens (including phenoxy) is 1. The Kier molecular flexibility index (Phi) is 2.59. The molecule has 1 atom stereocenters. The van der Waals surface area contributed by atoms with Crippen LogP contribution in [0.4, 0.5) is 0 Å². The number of nitrogens with zero attached hydrogens (tertiary/aromatic N) is 1. The second kappa shape index (κ2) is 3.73. The van der Waals surface area contributed by atoms with Gasteiger partial charge in [0.25, 0.3) is 0 Å². The Balaban J connectivity index is 1.93. The summed E-state index contributed by atoms with van der Waals surface area (Å²) in [6, 6.07) is 0. The summed E-state index contributed by atoms with van der Waals surface area (Å²) < 4.78 is 5.41. The van der Waals surface area contributed by atoms with Gasteiger partial charge in [-0.2, -0.15) is 0 Å². The van der Waals surface area contributed by atoms with Crippen LogP contribution < -0.4 is 0 Å². The van der Waals surface area contributed by atoms with Gasteiger partial charge in [0.15, 0.2) is 0 Å². The molecule has 3 nitrogen and oxygen atoms in total. The number of carbonyl (C=O) groups is 1. The topological polar surface area (TPSA) is 29.5 Å². The molecule has 3 saturated heterocycles. The predicted octanol–water partition coefficient (Wildman–Crippen LogP) is 1.20. The molecular formula is C11H17NO2. The zero-order valence-electron chi connectivity index (χ0n) is 8.66. The average molecular weight is 195 g/mol. The maximum atomic E-state index is 11.3. The first-order valence-corrected chi connectivity index (χ1v) is 5.25. The van der Waals surface area contributed by atoms with E-state index in [0.717, 1.165) is 6.54 Å². The summed E-state index contributed by atoms with van der Waals surface area (Å²) in [7, 11) is 0. The molecule has 3 heterocycles. The van der Waals surface area contributed by atoms with E-state index in [0.29, 0.717) is 11.5 Å². The van der Waals surface area contributed by atoms with Gasteiger partial charge < -0.3 is 4.74 Å². The molecule has 3 aliphatic rings. The maximum Gasteiger partial charge on any atom is 0.333 e. The molecule has 0 aliphatic carbocycles. The highest BCUT2D eigenvalue weighted by atomic mass is 16.5. The summed E-state index contributed by atoms with van der Waals surface area (Å²) >= 11 is 0. The van der Waals surface area contributed by atoms with Crippen LogP contribution in [-0.4, -0.2) is 36.6 Å². The second-order valence-electron chi connectivity index (χ2n) is 4.36. The van der Waals surface area contributed by atoms with E-state index in [2.05, 4.69) is 11.5 Å². The van der Waals surface area contributed by atoms with Crippen LogP contribution in [0.15, 0.2) is 12.2 Å². The normalized spacial score (nSPS) is 35.4. The Bertz CT molecular complexity index is 254. The Morgan fingerprint density at radius 3 is 2.50 bits per heavy atom. The molecule has 0 amide bonds. The van der Waals surface area contributed by atoms with E-state index in [4.69, 9.17) is 4.74 Å². The Morgan fingerprint density at radius 2 is 2.07 bits per heavy atom. The quantitative estimate of drug-likeness (QED) is 0.490. The number of hydrogen-bond acceptors (Lipinski definition) is 3. The first kappa shape index (κ1) is 9.71. The summed E-state index contributed by atoms with van der Waals surface area (Å²) in [5.74, 6) is 0.354. The number of rotatable bonds is 2. The van der Waals surface area contributed by atoms with Crippen molar-refractivity contribution < 1.29 is 9.53 Å². The number of piperidine rings is 3. The third kappa shape index (κ3) is 1.82. The van der Waals surface area contributed by atoms with Gasteiger partial charge in [-0.1, -0.05) is 6.58 Å². The highest BCUT2D eigenvalue weighted by Gasteiger charge is 2.36. The molecule has 2 bridgehead atoms. The van der Waals surface area contributed by atoms with Gasteiger partial charge in [0.2, 0.25) is 0 Å². The molecule has 0 aromatic carbocycles. The minimum Gasteiger partial charge on any atom is -0.457 e. The third-order valence-corrected chi connectivity index (χ3v) is 3.20. The van der Waals surface area contributed by atoms with Crippen molar-refractivity contribution in [3.63, 3.8) is 0 Å². The SMILES string of the molecule is C=C(C)C(=O)OC1CN2CCC1CC2. The molecule has 3 aliphatic heterocycles. The van der Waals surface area contributed by atoms with Gasteiger partial charge in [-0.3, -0.25) is 4.90 Å². The predicted molar refractivity (Wildman–Crippen MR) is 53.9 cm³/mol. The van der Waals surface area contributed by atoms with Crippen molar-refractivity contribution in [3.8, 4) is 0 Å². The van der Waals surface area contributed by atoms with Crippen LogP contribution in [0.25, 0.3) is 0 Å². The van der Waals surface area contributed by atoms with Crippen molar-refractivity contribution in [2.45, 2.75) is 25.9 Å². The van der Waals surface area contributed by atoms with Crippen molar-refractivity contribution >= 4 is 5.97 Å². The Morgan fingerprint density at radius 1 is 1.43 bits per heavy atom. The van der Waals surface area contributed by atoms with E-state index in [1.807, 2.05) is 0 Å². The number of esters is 1. The molecule has 0 aromatic rings. The van der Waals surface area contributed by atoms with Crippen LogP contribution in [0.3, 0.4) is 0 Å². The number of fused-ring (bicyclic) bond motifs is 3. The van der Waals surface area contributed by atoms with E-state index in [1.165, 1.54) is 25.9 Å². The number of carbonyl (C=O) groups excluding carboxylic acids is 1. The first-order chi connectivity index (χ1) is 6.66. The Labute approximate surface area is 84.7 Å². The maximum absolute atomic E-state index is 11.3. The first-order valence-electron chi connectivity index (χ1n) is 5.25. The standard InChI is InChI=1S/C11H17NO2/c1-8(2)11(13)14-10-7-12-5-3-9(10)4-6-12/h9-10H,1,3-7H2,2H3. The molecule has 0 aromatic heterocycles. The lowest BCUT2D eigenvalue weighted by Gasteiger charge is -2.43. The van der Waals surface area contributed by atoms with Crippen molar-refractivity contribution in [1.82, 2.24) is 4.90 Å². The summed E-state index contributed by atoms with van der Waals surface area (Å²) in [4.78, 5) is 13.7. The van der Waals surface area contributed by atoms with Gasteiger partial charge >= 0.3 is 5.97 Å². The van der Waals surface area contributed by atoms with Gasteiger partial charge in [-0.25, -0.2) is 4.79 Å². The fourth-order valence-electron chi connectivity index (χ4n) is 2.28. The zero-order chi connectivity index (χ0) is 10.1. The molecule has 0 saturated carbocycles. The minimum absolute atomic E-state index is 0.113. The lowest BCUT2D eigenvalue weighted by molar-refractivity contribution is -0.153. The van der Waals surface area contributed by atoms with Crippen LogP contribution >= 0.6 is 0 Å². The zero-order valence-corrected chi connectivity index (χ0v) is 8.66. The lowest BCUT2D eigenvalue weighted by Crippen LogP contribution is -2.51. The van der Waals surface area contributed by atoms with Crippen LogP contribution in [0, 0.1) is 5.92 Å². The molecule has 0 spiro atoms. The monoisotopic (exact) mass is 195 g/mol. The van der Waals surface area contributed by atoms with Gasteiger partial charge in [0.1, 0.15) is 6.10 Å². The lowest BCUT2D eigenvalue weighted by atomic mass is 9.86. The molecule has 0 radical (unpaired) electrons. The summed E-state index contributed by atoms with van der Waals surface area (Å²) in [5.41, 5.74) is 0.501. The molecule has 3 rings (SSSR count). The molecule has 78 valence electrons. The number of hydrogen-bond donors (Lipinski definition) is 0. The largest absolute Gasteiger partial charge is 0.457 e. The molecule has 3 fully saturated rings. The van der Waals surface area contributed by atoms with Crippen LogP contribution in [-0.2, 0) is 9.53 Å². The van der Waals surface area contributed by atoms with Crippen molar-refractivity contribution in [3.05, 3.63) is 12.2 Å². The van der Waals surface area contributed by atoms with Crippen molar-refractivity contribution in [1.29, 1.82) is 0 Å². The van der Waals surface area contributed by atoms with E-state index in [9.17, 15) is 4.79 Å². The minimum atomic E-state index is -0.233. The highest BCUT2D eigenvalue weighted by molar-refractivity contribution is 5.87. The average Bonchev–Trinajstić information content (AvgIpc) is 2.19. The second-order valence-corrected chi connectivity index (χ2v) is 4.36. The molecular weight excluding hydrogens is 178 g/mol. The van der Waals surface area contributed by atoms with E-state index in [-0.39, 0.29) is 12.1 Å². The summed E-state index contributed by atoms with van der Waals surface area (Å²) in [6.45, 7) is 8.56. The molecule has 1 unspecified atom stereocenters. The van der Waals surface area contributed by atoms with Crippen LogP contribution in [0.1, 0.15) is 19.8 Å². The van der Waals surface area contributed by atoms with Gasteiger partial charge in [-0.05, 0) is 38.8 Å². The summed E-state index contributed by atoms with van der Waals surface area (Å²) in [5, 5.41) is 0. The van der Waals surface area contributed by atoms with E-state index in [1.54, 1.807) is 6.92 Å². The fourth-order valence-corrected chi connectivity index (χ4v) is 2.28.